The van der Waals surface area contributed by atoms with Gasteiger partial charge in [0, 0.05) is 16.8 Å². The van der Waals surface area contributed by atoms with Gasteiger partial charge in [-0.25, -0.2) is 4.79 Å². The van der Waals surface area contributed by atoms with Crippen molar-refractivity contribution in [3.8, 4) is 0 Å². The smallest absolute Gasteiger partial charge is 0.323 e. The van der Waals surface area contributed by atoms with Crippen LogP contribution in [0.2, 0.25) is 0 Å². The lowest BCUT2D eigenvalue weighted by atomic mass is 9.78. The Kier molecular flexibility index (Phi) is 5.27. The number of nitrogens with one attached hydrogen (secondary N) is 3. The Labute approximate surface area is 179 Å². The molecule has 0 saturated carbocycles. The largest absolute Gasteiger partial charge is 0.481 e. The molecular weight excluding hydrogens is 392 g/mol. The maximum absolute atomic E-state index is 12.3. The van der Waals surface area contributed by atoms with Crippen molar-refractivity contribution in [3.63, 3.8) is 0 Å². The number of benzene rings is 2. The van der Waals surface area contributed by atoms with Crippen molar-refractivity contribution in [1.29, 1.82) is 0 Å². The molecule has 2 aromatic carbocycles. The number of carbonyl (C=O) groups is 1. The number of aromatic amines is 2. The van der Waals surface area contributed by atoms with Gasteiger partial charge in [0.05, 0.1) is 22.5 Å². The number of aliphatic carboxylic acids is 1. The minimum Gasteiger partial charge on any atom is -0.481 e. The van der Waals surface area contributed by atoms with E-state index in [0.29, 0.717) is 23.3 Å². The predicted molar refractivity (Wildman–Crippen MR) is 122 cm³/mol. The molecule has 1 aliphatic rings. The second kappa shape index (κ2) is 7.91. The predicted octanol–water partition coefficient (Wildman–Crippen LogP) is 3.90. The Morgan fingerprint density at radius 3 is 2.45 bits per heavy atom. The molecule has 1 aliphatic heterocycles. The molecule has 1 aromatic heterocycles. The number of aromatic nitrogens is 2. The van der Waals surface area contributed by atoms with Crippen LogP contribution >= 0.6 is 0 Å². The van der Waals surface area contributed by atoms with Crippen molar-refractivity contribution in [3.05, 3.63) is 75.7 Å². The van der Waals surface area contributed by atoms with Crippen LogP contribution in [0.3, 0.4) is 0 Å². The van der Waals surface area contributed by atoms with Gasteiger partial charge in [-0.15, -0.1) is 0 Å². The number of fused-ring (bicyclic) bond motifs is 1. The van der Waals surface area contributed by atoms with Crippen LogP contribution in [0.15, 0.2) is 63.9 Å². The number of nitrogens with zero attached hydrogens (tertiary/aromatic N) is 1. The van der Waals surface area contributed by atoms with Crippen LogP contribution in [0.5, 0.6) is 0 Å². The Bertz CT molecular complexity index is 1250. The number of hydrogen-bond donors (Lipinski definition) is 4. The van der Waals surface area contributed by atoms with Crippen molar-refractivity contribution >= 4 is 28.5 Å². The molecule has 31 heavy (non-hydrogen) atoms. The lowest BCUT2D eigenvalue weighted by molar-refractivity contribution is -0.140. The zero-order valence-electron chi connectivity index (χ0n) is 17.8. The van der Waals surface area contributed by atoms with E-state index >= 15 is 0 Å². The van der Waals surface area contributed by atoms with E-state index in [1.807, 2.05) is 69.3 Å². The first kappa shape index (κ1) is 20.7. The molecule has 4 rings (SSSR count). The fourth-order valence-corrected chi connectivity index (χ4v) is 4.29. The highest BCUT2D eigenvalue weighted by Crippen LogP contribution is 2.39. The van der Waals surface area contributed by atoms with Crippen molar-refractivity contribution < 1.29 is 9.90 Å². The molecule has 7 heteroatoms. The number of rotatable bonds is 6. The molecule has 0 bridgehead atoms. The van der Waals surface area contributed by atoms with Gasteiger partial charge in [0.2, 0.25) is 0 Å². The molecule has 0 radical (unpaired) electrons. The highest BCUT2D eigenvalue weighted by Gasteiger charge is 2.39. The van der Waals surface area contributed by atoms with Crippen LogP contribution in [0, 0.1) is 5.92 Å². The van der Waals surface area contributed by atoms with Gasteiger partial charge in [-0.1, -0.05) is 49.7 Å². The molecular formula is C24H26N4O3. The summed E-state index contributed by atoms with van der Waals surface area (Å²) in [5.41, 5.74) is 3.54. The summed E-state index contributed by atoms with van der Waals surface area (Å²) >= 11 is 0. The monoisotopic (exact) mass is 418 g/mol. The van der Waals surface area contributed by atoms with E-state index in [1.165, 1.54) is 0 Å². The molecule has 0 saturated heterocycles. The first-order valence-electron chi connectivity index (χ1n) is 10.4. The average molecular weight is 418 g/mol. The Hall–Kier alpha value is -3.61. The topological polar surface area (TPSA) is 110 Å². The van der Waals surface area contributed by atoms with Gasteiger partial charge in [-0.3, -0.25) is 9.79 Å². The second-order valence-corrected chi connectivity index (χ2v) is 8.32. The maximum atomic E-state index is 12.3. The van der Waals surface area contributed by atoms with Gasteiger partial charge in [0.1, 0.15) is 5.84 Å². The van der Waals surface area contributed by atoms with E-state index in [1.54, 1.807) is 0 Å². The van der Waals surface area contributed by atoms with Crippen LogP contribution in [0.4, 0.5) is 0 Å². The van der Waals surface area contributed by atoms with E-state index in [-0.39, 0.29) is 5.69 Å². The molecule has 0 aliphatic carbocycles. The molecule has 2 heterocycles. The van der Waals surface area contributed by atoms with Gasteiger partial charge in [-0.2, -0.15) is 0 Å². The first-order valence-corrected chi connectivity index (χ1v) is 10.4. The third-order valence-electron chi connectivity index (χ3n) is 5.64. The summed E-state index contributed by atoms with van der Waals surface area (Å²) < 4.78 is 0. The number of amidine groups is 1. The zero-order chi connectivity index (χ0) is 22.2. The summed E-state index contributed by atoms with van der Waals surface area (Å²) in [5.74, 6) is -0.851. The SMILES string of the molecule is CCCC(C(=O)O)C1=C(c2ccc3[nH]c(=O)[nH]c3c2)NC(c2ccccc2)=NC1(C)C. The maximum Gasteiger partial charge on any atom is 0.323 e. The third-order valence-corrected chi connectivity index (χ3v) is 5.64. The van der Waals surface area contributed by atoms with Crippen molar-refractivity contribution in [2.24, 2.45) is 10.9 Å². The summed E-state index contributed by atoms with van der Waals surface area (Å²) in [4.78, 5) is 34.4. The average Bonchev–Trinajstić information content (AvgIpc) is 3.11. The molecule has 0 amide bonds. The summed E-state index contributed by atoms with van der Waals surface area (Å²) in [6, 6.07) is 15.4. The molecule has 0 spiro atoms. The summed E-state index contributed by atoms with van der Waals surface area (Å²) in [6.07, 6.45) is 1.25. The quantitative estimate of drug-likeness (QED) is 0.487. The molecule has 4 N–H and O–H groups in total. The minimum absolute atomic E-state index is 0.279. The van der Waals surface area contributed by atoms with E-state index in [9.17, 15) is 14.7 Å². The molecule has 160 valence electrons. The van der Waals surface area contributed by atoms with Crippen LogP contribution in [-0.4, -0.2) is 32.4 Å². The molecule has 1 unspecified atom stereocenters. The van der Waals surface area contributed by atoms with Crippen LogP contribution in [0.25, 0.3) is 16.7 Å². The molecule has 1 atom stereocenters. The zero-order valence-corrected chi connectivity index (χ0v) is 17.8. The van der Waals surface area contributed by atoms with Gasteiger partial charge >= 0.3 is 11.7 Å². The number of aliphatic imine (C=N–C) groups is 1. The van der Waals surface area contributed by atoms with E-state index in [0.717, 1.165) is 28.8 Å². The number of H-pyrrole nitrogens is 2. The van der Waals surface area contributed by atoms with E-state index < -0.39 is 17.4 Å². The van der Waals surface area contributed by atoms with Crippen molar-refractivity contribution in [2.45, 2.75) is 39.2 Å². The number of carboxylic acid groups (broad SMARTS) is 1. The van der Waals surface area contributed by atoms with Gasteiger partial charge in [-0.05, 0) is 38.0 Å². The number of hydrogen-bond acceptors (Lipinski definition) is 4. The first-order chi connectivity index (χ1) is 14.8. The van der Waals surface area contributed by atoms with Crippen molar-refractivity contribution in [1.82, 2.24) is 15.3 Å². The summed E-state index contributed by atoms with van der Waals surface area (Å²) in [5, 5.41) is 13.5. The second-order valence-electron chi connectivity index (χ2n) is 8.32. The van der Waals surface area contributed by atoms with Crippen LogP contribution in [-0.2, 0) is 4.79 Å². The lowest BCUT2D eigenvalue weighted by Gasteiger charge is -2.36. The molecule has 3 aromatic rings. The fourth-order valence-electron chi connectivity index (χ4n) is 4.29. The Morgan fingerprint density at radius 1 is 1.06 bits per heavy atom. The van der Waals surface area contributed by atoms with Crippen LogP contribution in [0.1, 0.15) is 44.7 Å². The van der Waals surface area contributed by atoms with E-state index in [4.69, 9.17) is 4.99 Å². The van der Waals surface area contributed by atoms with Gasteiger partial charge in [0.15, 0.2) is 0 Å². The highest BCUT2D eigenvalue weighted by molar-refractivity contribution is 6.06. The third kappa shape index (κ3) is 3.91. The fraction of sp³-hybridized carbons (Fsp3) is 0.292. The van der Waals surface area contributed by atoms with E-state index in [2.05, 4.69) is 15.3 Å². The minimum atomic E-state index is -0.862. The standard InChI is InChI=1S/C24H26N4O3/c1-4-8-16(22(29)30)19-20(15-11-12-17-18(13-15)26-23(31)25-17)27-21(28-24(19,2)3)14-9-6-5-7-10-14/h5-7,9-13,16H,4,8H2,1-3H3,(H,27,28)(H,29,30)(H2,25,26,31). The molecule has 7 nitrogen and oxygen atoms in total. The normalized spacial score (nSPS) is 16.7. The lowest BCUT2D eigenvalue weighted by Crippen LogP contribution is -2.41. The summed E-state index contributed by atoms with van der Waals surface area (Å²) in [7, 11) is 0. The highest BCUT2D eigenvalue weighted by atomic mass is 16.4. The molecule has 0 fully saturated rings. The summed E-state index contributed by atoms with van der Waals surface area (Å²) in [6.45, 7) is 5.89. The number of imidazole rings is 1. The van der Waals surface area contributed by atoms with Gasteiger partial charge in [0.25, 0.3) is 0 Å². The van der Waals surface area contributed by atoms with Crippen LogP contribution < -0.4 is 11.0 Å². The number of carboxylic acids is 1. The van der Waals surface area contributed by atoms with Crippen molar-refractivity contribution in [2.75, 3.05) is 0 Å². The van der Waals surface area contributed by atoms with Gasteiger partial charge < -0.3 is 20.4 Å². The Balaban J connectivity index is 1.94. The Morgan fingerprint density at radius 2 is 1.77 bits per heavy atom.